The highest BCUT2D eigenvalue weighted by molar-refractivity contribution is 7.89. The van der Waals surface area contributed by atoms with Crippen molar-refractivity contribution in [1.82, 2.24) is 9.21 Å². The van der Waals surface area contributed by atoms with E-state index in [1.165, 1.54) is 0 Å². The number of rotatable bonds is 4. The quantitative estimate of drug-likeness (QED) is 0.851. The minimum atomic E-state index is -3.57. The van der Waals surface area contributed by atoms with Crippen molar-refractivity contribution in [2.75, 3.05) is 26.2 Å². The summed E-state index contributed by atoms with van der Waals surface area (Å²) in [6.07, 6.45) is 4.69. The molecule has 0 aliphatic carbocycles. The van der Waals surface area contributed by atoms with Gasteiger partial charge in [0.2, 0.25) is 10.0 Å². The topological polar surface area (TPSA) is 83.7 Å². The lowest BCUT2D eigenvalue weighted by molar-refractivity contribution is 0.0573. The summed E-state index contributed by atoms with van der Waals surface area (Å²) in [5, 5.41) is 0. The first-order valence-corrected chi connectivity index (χ1v) is 11.4. The molecule has 2 aliphatic rings. The van der Waals surface area contributed by atoms with Gasteiger partial charge in [-0.3, -0.25) is 4.79 Å². The summed E-state index contributed by atoms with van der Waals surface area (Å²) in [7, 11) is -3.57. The molecule has 1 amide bonds. The van der Waals surface area contributed by atoms with E-state index < -0.39 is 10.0 Å². The highest BCUT2D eigenvalue weighted by Gasteiger charge is 2.32. The predicted molar refractivity (Wildman–Crippen MR) is 106 cm³/mol. The summed E-state index contributed by atoms with van der Waals surface area (Å²) in [4.78, 5) is 15.2. The monoisotopic (exact) mass is 393 g/mol. The Bertz CT molecular complexity index is 788. The molecule has 2 fully saturated rings. The van der Waals surface area contributed by atoms with E-state index in [0.717, 1.165) is 32.1 Å². The van der Waals surface area contributed by atoms with Crippen LogP contribution < -0.4 is 5.73 Å². The van der Waals surface area contributed by atoms with Crippen molar-refractivity contribution in [3.05, 3.63) is 29.3 Å². The summed E-state index contributed by atoms with van der Waals surface area (Å²) < 4.78 is 27.8. The number of hydrogen-bond donors (Lipinski definition) is 1. The van der Waals surface area contributed by atoms with E-state index in [-0.39, 0.29) is 16.8 Å². The molecule has 1 aromatic carbocycles. The van der Waals surface area contributed by atoms with Crippen molar-refractivity contribution < 1.29 is 13.2 Å². The fourth-order valence-corrected chi connectivity index (χ4v) is 5.93. The number of likely N-dealkylation sites (tertiary alicyclic amines) is 1. The Kier molecular flexibility index (Phi) is 6.23. The Balaban J connectivity index is 1.89. The van der Waals surface area contributed by atoms with Crippen LogP contribution in [0.2, 0.25) is 0 Å². The normalized spacial score (nSPS) is 24.8. The first-order chi connectivity index (χ1) is 12.8. The molecule has 2 unspecified atom stereocenters. The van der Waals surface area contributed by atoms with E-state index in [9.17, 15) is 13.2 Å². The molecule has 7 heteroatoms. The fourth-order valence-electron chi connectivity index (χ4n) is 4.16. The molecular formula is C20H31N3O3S. The van der Waals surface area contributed by atoms with Crippen LogP contribution in [0.4, 0.5) is 0 Å². The van der Waals surface area contributed by atoms with Crippen molar-refractivity contribution in [3.8, 4) is 0 Å². The smallest absolute Gasteiger partial charge is 0.254 e. The highest BCUT2D eigenvalue weighted by atomic mass is 32.2. The molecule has 27 heavy (non-hydrogen) atoms. The summed E-state index contributed by atoms with van der Waals surface area (Å²) in [5.74, 6) is 0.433. The van der Waals surface area contributed by atoms with Crippen LogP contribution in [0.15, 0.2) is 23.1 Å². The van der Waals surface area contributed by atoms with Gasteiger partial charge < -0.3 is 10.6 Å². The standard InChI is InChI=1S/C20H31N3O3S/c1-15-8-11-23(18(12-15)14-21)20(24)17-7-6-16(2)19(13-17)27(25,26)22-9-4-3-5-10-22/h6-7,13,15,18H,3-5,8-12,14,21H2,1-2H3. The number of nitrogens with two attached hydrogens (primary N) is 1. The molecule has 0 saturated carbocycles. The Morgan fingerprint density at radius 2 is 1.89 bits per heavy atom. The average Bonchev–Trinajstić information content (AvgIpc) is 2.68. The SMILES string of the molecule is Cc1ccc(C(=O)N2CCC(C)CC2CN)cc1S(=O)(=O)N1CCCCC1. The molecule has 6 nitrogen and oxygen atoms in total. The van der Waals surface area contributed by atoms with Crippen molar-refractivity contribution in [2.24, 2.45) is 11.7 Å². The van der Waals surface area contributed by atoms with Crippen LogP contribution in [0.5, 0.6) is 0 Å². The molecule has 0 bridgehead atoms. The zero-order valence-corrected chi connectivity index (χ0v) is 17.2. The summed E-state index contributed by atoms with van der Waals surface area (Å²) in [5.41, 5.74) is 7.01. The van der Waals surface area contributed by atoms with Gasteiger partial charge in [0.05, 0.1) is 4.90 Å². The highest BCUT2D eigenvalue weighted by Crippen LogP contribution is 2.27. The maximum atomic E-state index is 13.1. The van der Waals surface area contributed by atoms with Crippen molar-refractivity contribution in [1.29, 1.82) is 0 Å². The van der Waals surface area contributed by atoms with Crippen LogP contribution in [-0.2, 0) is 10.0 Å². The number of carbonyl (C=O) groups excluding carboxylic acids is 1. The van der Waals surface area contributed by atoms with Gasteiger partial charge in [0, 0.05) is 37.8 Å². The van der Waals surface area contributed by atoms with Gasteiger partial charge in [-0.15, -0.1) is 0 Å². The molecule has 2 aliphatic heterocycles. The Morgan fingerprint density at radius 1 is 1.19 bits per heavy atom. The van der Waals surface area contributed by atoms with E-state index in [4.69, 9.17) is 5.73 Å². The Labute approximate surface area is 162 Å². The third kappa shape index (κ3) is 4.20. The Hall–Kier alpha value is -1.44. The van der Waals surface area contributed by atoms with Gasteiger partial charge in [0.1, 0.15) is 0 Å². The van der Waals surface area contributed by atoms with Gasteiger partial charge in [-0.25, -0.2) is 8.42 Å². The first kappa shape index (κ1) is 20.3. The molecule has 2 atom stereocenters. The minimum Gasteiger partial charge on any atom is -0.334 e. The summed E-state index contributed by atoms with van der Waals surface area (Å²) >= 11 is 0. The number of benzene rings is 1. The van der Waals surface area contributed by atoms with Gasteiger partial charge in [-0.05, 0) is 56.2 Å². The van der Waals surface area contributed by atoms with Gasteiger partial charge in [-0.1, -0.05) is 19.4 Å². The number of carbonyl (C=O) groups is 1. The molecule has 2 saturated heterocycles. The lowest BCUT2D eigenvalue weighted by Crippen LogP contribution is -2.49. The van der Waals surface area contributed by atoms with E-state index in [0.29, 0.717) is 43.2 Å². The van der Waals surface area contributed by atoms with E-state index in [2.05, 4.69) is 6.92 Å². The lowest BCUT2D eigenvalue weighted by atomic mass is 9.92. The second kappa shape index (κ2) is 8.29. The van der Waals surface area contributed by atoms with Gasteiger partial charge >= 0.3 is 0 Å². The van der Waals surface area contributed by atoms with E-state index >= 15 is 0 Å². The van der Waals surface area contributed by atoms with Crippen LogP contribution >= 0.6 is 0 Å². The van der Waals surface area contributed by atoms with Gasteiger partial charge in [0.25, 0.3) is 5.91 Å². The van der Waals surface area contributed by atoms with Crippen molar-refractivity contribution in [3.63, 3.8) is 0 Å². The first-order valence-electron chi connectivity index (χ1n) is 9.96. The van der Waals surface area contributed by atoms with E-state index in [1.54, 1.807) is 29.4 Å². The summed E-state index contributed by atoms with van der Waals surface area (Å²) in [6, 6.07) is 5.06. The predicted octanol–water partition coefficient (Wildman–Crippen LogP) is 2.37. The van der Waals surface area contributed by atoms with Crippen LogP contribution in [0.1, 0.15) is 54.9 Å². The van der Waals surface area contributed by atoms with Crippen LogP contribution in [0.3, 0.4) is 0 Å². The second-order valence-electron chi connectivity index (χ2n) is 7.96. The number of sulfonamides is 1. The van der Waals surface area contributed by atoms with Crippen LogP contribution in [0.25, 0.3) is 0 Å². The van der Waals surface area contributed by atoms with Gasteiger partial charge in [-0.2, -0.15) is 4.31 Å². The molecule has 1 aromatic rings. The molecule has 3 rings (SSSR count). The van der Waals surface area contributed by atoms with Crippen molar-refractivity contribution >= 4 is 15.9 Å². The van der Waals surface area contributed by atoms with Gasteiger partial charge in [0.15, 0.2) is 0 Å². The number of amides is 1. The minimum absolute atomic E-state index is 0.0182. The van der Waals surface area contributed by atoms with Crippen LogP contribution in [0, 0.1) is 12.8 Å². The zero-order chi connectivity index (χ0) is 19.6. The third-order valence-corrected chi connectivity index (χ3v) is 7.92. The van der Waals surface area contributed by atoms with Crippen molar-refractivity contribution in [2.45, 2.75) is 56.9 Å². The third-order valence-electron chi connectivity index (χ3n) is 5.88. The lowest BCUT2D eigenvalue weighted by Gasteiger charge is -2.38. The molecule has 0 aromatic heterocycles. The average molecular weight is 394 g/mol. The molecule has 2 N–H and O–H groups in total. The zero-order valence-electron chi connectivity index (χ0n) is 16.4. The molecular weight excluding hydrogens is 362 g/mol. The van der Waals surface area contributed by atoms with E-state index in [1.807, 2.05) is 4.90 Å². The molecule has 0 radical (unpaired) electrons. The molecule has 2 heterocycles. The number of aryl methyl sites for hydroxylation is 1. The largest absolute Gasteiger partial charge is 0.334 e. The molecule has 150 valence electrons. The summed E-state index contributed by atoms with van der Waals surface area (Å²) in [6.45, 7) is 6.18. The maximum Gasteiger partial charge on any atom is 0.254 e. The fraction of sp³-hybridized carbons (Fsp3) is 0.650. The molecule has 0 spiro atoms. The number of piperidine rings is 2. The second-order valence-corrected chi connectivity index (χ2v) is 9.87. The number of nitrogens with zero attached hydrogens (tertiary/aromatic N) is 2. The maximum absolute atomic E-state index is 13.1. The van der Waals surface area contributed by atoms with Crippen LogP contribution in [-0.4, -0.2) is 55.8 Å². The Morgan fingerprint density at radius 3 is 2.56 bits per heavy atom. The number of hydrogen-bond acceptors (Lipinski definition) is 4.